The van der Waals surface area contributed by atoms with E-state index in [9.17, 15) is 31.5 Å². The molecule has 0 aromatic rings. The van der Waals surface area contributed by atoms with Gasteiger partial charge in [-0.2, -0.15) is 8.78 Å². The number of carbonyl (C=O) groups excluding carboxylic acids is 2. The van der Waals surface area contributed by atoms with Crippen LogP contribution in [0.15, 0.2) is 34.2 Å². The lowest BCUT2D eigenvalue weighted by Gasteiger charge is -2.41. The number of nitrogens with zero attached hydrogens (tertiary/aromatic N) is 1. The van der Waals surface area contributed by atoms with Gasteiger partial charge in [-0.25, -0.2) is 0 Å². The minimum atomic E-state index is -4.82. The van der Waals surface area contributed by atoms with Gasteiger partial charge in [0, 0.05) is 29.1 Å². The van der Waals surface area contributed by atoms with Crippen LogP contribution < -0.4 is 5.32 Å². The number of hydrogen-bond donors (Lipinski definition) is 1. The van der Waals surface area contributed by atoms with Gasteiger partial charge in [0.1, 0.15) is 11.8 Å². The summed E-state index contributed by atoms with van der Waals surface area (Å²) in [5.74, 6) is -1.98. The van der Waals surface area contributed by atoms with Crippen molar-refractivity contribution in [3.05, 3.63) is 34.2 Å². The van der Waals surface area contributed by atoms with Crippen molar-refractivity contribution in [3.63, 3.8) is 0 Å². The van der Waals surface area contributed by atoms with Crippen LogP contribution in [0.25, 0.3) is 0 Å². The van der Waals surface area contributed by atoms with Crippen molar-refractivity contribution in [2.45, 2.75) is 78.1 Å². The van der Waals surface area contributed by atoms with Gasteiger partial charge in [-0.3, -0.25) is 9.59 Å². The highest BCUT2D eigenvalue weighted by molar-refractivity contribution is 6.30. The van der Waals surface area contributed by atoms with Crippen LogP contribution in [0, 0.1) is 17.3 Å². The molecule has 0 aromatic carbocycles. The summed E-state index contributed by atoms with van der Waals surface area (Å²) in [7, 11) is 0. The number of piperidine rings is 1. The van der Waals surface area contributed by atoms with E-state index in [-0.39, 0.29) is 48.4 Å². The summed E-state index contributed by atoms with van der Waals surface area (Å²) >= 11 is 6.60. The van der Waals surface area contributed by atoms with Crippen LogP contribution in [-0.4, -0.2) is 42.1 Å². The third kappa shape index (κ3) is 6.19. The highest BCUT2D eigenvalue weighted by Gasteiger charge is 2.44. The molecule has 1 saturated heterocycles. The summed E-state index contributed by atoms with van der Waals surface area (Å²) in [6.07, 6.45) is -2.77. The number of likely N-dealkylation sites (tertiary alicyclic amines) is 1. The molecule has 196 valence electrons. The van der Waals surface area contributed by atoms with Gasteiger partial charge in [0.15, 0.2) is 0 Å². The van der Waals surface area contributed by atoms with Gasteiger partial charge < -0.3 is 15.0 Å². The minimum Gasteiger partial charge on any atom is -0.410 e. The van der Waals surface area contributed by atoms with E-state index in [2.05, 4.69) is 10.1 Å². The fraction of sp³-hybridized carbons (Fsp3) is 0.667. The smallest absolute Gasteiger partial charge is 0.410 e. The van der Waals surface area contributed by atoms with Crippen LogP contribution in [0.1, 0.15) is 59.3 Å². The Hall–Kier alpha value is -2.10. The molecule has 2 aliphatic carbocycles. The standard InChI is InChI=1S/C24H30ClF5N2O3/c1-13-10-16(18(11-14(13)2)35-24(28,29)30)23(3)8-7-15(12-19(23)25)31-21(33)17-6-4-5-9-32(17)22(34)20(26)27/h7,12-14,17,20H,4-6,8-11H2,1-3H3,(H,31,33). The van der Waals surface area contributed by atoms with Crippen molar-refractivity contribution in [2.75, 3.05) is 6.54 Å². The molecule has 4 atom stereocenters. The van der Waals surface area contributed by atoms with E-state index in [1.165, 1.54) is 6.08 Å². The molecule has 1 fully saturated rings. The maximum Gasteiger partial charge on any atom is 0.572 e. The molecule has 4 unspecified atom stereocenters. The second-order valence-electron chi connectivity index (χ2n) is 9.83. The fourth-order valence-corrected chi connectivity index (χ4v) is 5.28. The van der Waals surface area contributed by atoms with E-state index in [0.29, 0.717) is 30.5 Å². The largest absolute Gasteiger partial charge is 0.572 e. The Morgan fingerprint density at radius 1 is 1.20 bits per heavy atom. The summed E-state index contributed by atoms with van der Waals surface area (Å²) < 4.78 is 69.7. The monoisotopic (exact) mass is 524 g/mol. The summed E-state index contributed by atoms with van der Waals surface area (Å²) in [5.41, 5.74) is -0.166. The van der Waals surface area contributed by atoms with E-state index in [4.69, 9.17) is 11.6 Å². The third-order valence-electron chi connectivity index (χ3n) is 7.33. The average Bonchev–Trinajstić information content (AvgIpc) is 2.77. The Balaban J connectivity index is 1.81. The second kappa shape index (κ2) is 10.5. The SMILES string of the molecule is CC1CC(OC(F)(F)F)=C(C2(C)CC=C(NC(=O)C3CCCCN3C(=O)C(F)F)C=C2Cl)CC1C. The lowest BCUT2D eigenvalue weighted by atomic mass is 9.67. The Morgan fingerprint density at radius 3 is 2.46 bits per heavy atom. The summed E-state index contributed by atoms with van der Waals surface area (Å²) in [6.45, 7) is 5.66. The molecule has 1 heterocycles. The van der Waals surface area contributed by atoms with Gasteiger partial charge >= 0.3 is 12.8 Å². The molecular weight excluding hydrogens is 495 g/mol. The van der Waals surface area contributed by atoms with Crippen LogP contribution in [0.5, 0.6) is 0 Å². The fourth-order valence-electron chi connectivity index (χ4n) is 4.97. The zero-order chi connectivity index (χ0) is 26.1. The maximum absolute atomic E-state index is 13.1. The Morgan fingerprint density at radius 2 is 1.86 bits per heavy atom. The topological polar surface area (TPSA) is 58.6 Å². The zero-order valence-electron chi connectivity index (χ0n) is 19.9. The predicted molar refractivity (Wildman–Crippen MR) is 120 cm³/mol. The molecule has 3 rings (SSSR count). The van der Waals surface area contributed by atoms with Gasteiger partial charge in [0.25, 0.3) is 5.91 Å². The first-order chi connectivity index (χ1) is 16.2. The van der Waals surface area contributed by atoms with Gasteiger partial charge in [-0.15, -0.1) is 13.2 Å². The van der Waals surface area contributed by atoms with Gasteiger partial charge in [0.2, 0.25) is 5.91 Å². The van der Waals surface area contributed by atoms with Gasteiger partial charge in [-0.05, 0) is 55.6 Å². The van der Waals surface area contributed by atoms with Crippen LogP contribution >= 0.6 is 11.6 Å². The normalized spacial score (nSPS) is 30.1. The second-order valence-corrected chi connectivity index (χ2v) is 10.2. The van der Waals surface area contributed by atoms with Crippen molar-refractivity contribution < 1.29 is 36.3 Å². The molecule has 3 aliphatic rings. The number of rotatable bonds is 5. The first-order valence-electron chi connectivity index (χ1n) is 11.7. The molecule has 11 heteroatoms. The Kier molecular flexibility index (Phi) is 8.23. The van der Waals surface area contributed by atoms with Crippen molar-refractivity contribution >= 4 is 23.4 Å². The summed E-state index contributed by atoms with van der Waals surface area (Å²) in [6, 6.07) is -1.03. The van der Waals surface area contributed by atoms with Crippen molar-refractivity contribution in [1.29, 1.82) is 0 Å². The van der Waals surface area contributed by atoms with E-state index >= 15 is 0 Å². The third-order valence-corrected chi connectivity index (χ3v) is 7.85. The number of nitrogens with one attached hydrogen (secondary N) is 1. The number of hydrogen-bond acceptors (Lipinski definition) is 3. The quantitative estimate of drug-likeness (QED) is 0.447. The van der Waals surface area contributed by atoms with Crippen LogP contribution in [0.2, 0.25) is 0 Å². The molecule has 2 amide bonds. The molecule has 0 radical (unpaired) electrons. The number of amides is 2. The molecule has 5 nitrogen and oxygen atoms in total. The van der Waals surface area contributed by atoms with E-state index in [1.54, 1.807) is 13.0 Å². The maximum atomic E-state index is 13.1. The lowest BCUT2D eigenvalue weighted by Crippen LogP contribution is -2.53. The predicted octanol–water partition coefficient (Wildman–Crippen LogP) is 6.02. The van der Waals surface area contributed by atoms with Crippen LogP contribution in [0.3, 0.4) is 0 Å². The van der Waals surface area contributed by atoms with Crippen molar-refractivity contribution in [1.82, 2.24) is 10.2 Å². The molecule has 0 aromatic heterocycles. The number of allylic oxidation sites excluding steroid dienone is 5. The zero-order valence-corrected chi connectivity index (χ0v) is 20.6. The van der Waals surface area contributed by atoms with Crippen molar-refractivity contribution in [3.8, 4) is 0 Å². The molecule has 1 N–H and O–H groups in total. The first-order valence-corrected chi connectivity index (χ1v) is 12.1. The van der Waals surface area contributed by atoms with Crippen LogP contribution in [0.4, 0.5) is 22.0 Å². The molecule has 0 saturated carbocycles. The molecule has 0 bridgehead atoms. The minimum absolute atomic E-state index is 0.00539. The number of halogens is 6. The summed E-state index contributed by atoms with van der Waals surface area (Å²) in [4.78, 5) is 25.6. The Labute approximate surface area is 206 Å². The lowest BCUT2D eigenvalue weighted by molar-refractivity contribution is -0.308. The number of alkyl halides is 5. The first kappa shape index (κ1) is 27.5. The highest BCUT2D eigenvalue weighted by Crippen LogP contribution is 2.52. The Bertz CT molecular complexity index is 946. The number of carbonyl (C=O) groups is 2. The van der Waals surface area contributed by atoms with E-state index < -0.39 is 36.1 Å². The molecule has 35 heavy (non-hydrogen) atoms. The highest BCUT2D eigenvalue weighted by atomic mass is 35.5. The molecule has 0 spiro atoms. The molecule has 1 aliphatic heterocycles. The van der Waals surface area contributed by atoms with E-state index in [1.807, 2.05) is 13.8 Å². The molecular formula is C24H30ClF5N2O3. The van der Waals surface area contributed by atoms with Gasteiger partial charge in [0.05, 0.1) is 0 Å². The van der Waals surface area contributed by atoms with Gasteiger partial charge in [-0.1, -0.05) is 38.4 Å². The average molecular weight is 525 g/mol. The van der Waals surface area contributed by atoms with Crippen molar-refractivity contribution in [2.24, 2.45) is 17.3 Å². The van der Waals surface area contributed by atoms with E-state index in [0.717, 1.165) is 4.90 Å². The number of ether oxygens (including phenoxy) is 1. The summed E-state index contributed by atoms with van der Waals surface area (Å²) in [5, 5.41) is 2.88. The van der Waals surface area contributed by atoms with Crippen LogP contribution in [-0.2, 0) is 14.3 Å².